The Labute approximate surface area is 193 Å². The van der Waals surface area contributed by atoms with Gasteiger partial charge in [-0.25, -0.2) is 9.38 Å². The first-order chi connectivity index (χ1) is 14.2. The van der Waals surface area contributed by atoms with E-state index < -0.39 is 0 Å². The highest BCUT2D eigenvalue weighted by Crippen LogP contribution is 2.12. The average molecular weight is 523 g/mol. The SMILES string of the molecule is CCNC(=NCc1ccccc1Cn1cccn1)NCCOc1cccc(F)c1.I. The molecule has 2 N–H and O–H groups in total. The molecule has 0 amide bonds. The molecule has 0 radical (unpaired) electrons. The fourth-order valence-corrected chi connectivity index (χ4v) is 2.84. The number of hydrogen-bond donors (Lipinski definition) is 2. The summed E-state index contributed by atoms with van der Waals surface area (Å²) in [4.78, 5) is 4.68. The summed E-state index contributed by atoms with van der Waals surface area (Å²) >= 11 is 0. The van der Waals surface area contributed by atoms with Crippen LogP contribution in [-0.2, 0) is 13.1 Å². The lowest BCUT2D eigenvalue weighted by Crippen LogP contribution is -2.39. The summed E-state index contributed by atoms with van der Waals surface area (Å²) in [6.45, 7) is 5.00. The molecule has 2 aromatic carbocycles. The molecule has 0 fully saturated rings. The lowest BCUT2D eigenvalue weighted by Gasteiger charge is -2.13. The zero-order valence-corrected chi connectivity index (χ0v) is 19.3. The smallest absolute Gasteiger partial charge is 0.191 e. The minimum Gasteiger partial charge on any atom is -0.492 e. The van der Waals surface area contributed by atoms with Gasteiger partial charge in [-0.3, -0.25) is 4.68 Å². The highest BCUT2D eigenvalue weighted by atomic mass is 127. The Morgan fingerprint density at radius 2 is 1.93 bits per heavy atom. The molecule has 0 atom stereocenters. The van der Waals surface area contributed by atoms with Crippen LogP contribution in [0.2, 0.25) is 0 Å². The fourth-order valence-electron chi connectivity index (χ4n) is 2.84. The number of guanidine groups is 1. The van der Waals surface area contributed by atoms with Gasteiger partial charge in [0.1, 0.15) is 18.2 Å². The second kappa shape index (κ2) is 12.8. The Morgan fingerprint density at radius 3 is 2.67 bits per heavy atom. The van der Waals surface area contributed by atoms with Crippen LogP contribution in [0.3, 0.4) is 0 Å². The summed E-state index contributed by atoms with van der Waals surface area (Å²) in [5.41, 5.74) is 2.33. The third-order valence-corrected chi connectivity index (χ3v) is 4.22. The molecular weight excluding hydrogens is 496 g/mol. The van der Waals surface area contributed by atoms with Crippen LogP contribution in [0.4, 0.5) is 4.39 Å². The first-order valence-electron chi connectivity index (χ1n) is 9.69. The molecule has 0 aliphatic carbocycles. The van der Waals surface area contributed by atoms with Gasteiger partial charge in [0.25, 0.3) is 0 Å². The van der Waals surface area contributed by atoms with Gasteiger partial charge in [0.2, 0.25) is 0 Å². The molecule has 3 rings (SSSR count). The third kappa shape index (κ3) is 7.66. The quantitative estimate of drug-likeness (QED) is 0.194. The first kappa shape index (κ1) is 23.7. The molecule has 0 saturated heterocycles. The minimum atomic E-state index is -0.306. The highest BCUT2D eigenvalue weighted by Gasteiger charge is 2.04. The summed E-state index contributed by atoms with van der Waals surface area (Å²) in [6, 6.07) is 16.3. The van der Waals surface area contributed by atoms with E-state index in [9.17, 15) is 4.39 Å². The summed E-state index contributed by atoms with van der Waals surface area (Å²) in [5, 5.41) is 10.8. The van der Waals surface area contributed by atoms with Crippen LogP contribution in [0.1, 0.15) is 18.1 Å². The van der Waals surface area contributed by atoms with E-state index in [1.807, 2.05) is 36.0 Å². The number of halogens is 2. The third-order valence-electron chi connectivity index (χ3n) is 4.22. The number of aliphatic imine (C=N–C) groups is 1. The van der Waals surface area contributed by atoms with E-state index >= 15 is 0 Å². The maximum atomic E-state index is 13.2. The zero-order chi connectivity index (χ0) is 20.3. The van der Waals surface area contributed by atoms with Crippen LogP contribution in [0.25, 0.3) is 0 Å². The molecule has 30 heavy (non-hydrogen) atoms. The number of rotatable bonds is 9. The van der Waals surface area contributed by atoms with Gasteiger partial charge in [0, 0.05) is 25.0 Å². The number of nitrogens with zero attached hydrogens (tertiary/aromatic N) is 3. The summed E-state index contributed by atoms with van der Waals surface area (Å²) < 4.78 is 20.6. The molecule has 0 saturated carbocycles. The summed E-state index contributed by atoms with van der Waals surface area (Å²) in [5.74, 6) is 0.921. The molecule has 0 aliphatic rings. The largest absolute Gasteiger partial charge is 0.492 e. The van der Waals surface area contributed by atoms with Gasteiger partial charge in [0.05, 0.1) is 19.6 Å². The molecule has 1 aromatic heterocycles. The predicted octanol–water partition coefficient (Wildman–Crippen LogP) is 3.82. The van der Waals surface area contributed by atoms with Crippen molar-refractivity contribution in [3.63, 3.8) is 0 Å². The lowest BCUT2D eigenvalue weighted by atomic mass is 10.1. The Hall–Kier alpha value is -2.62. The van der Waals surface area contributed by atoms with E-state index in [1.54, 1.807) is 18.3 Å². The van der Waals surface area contributed by atoms with Crippen molar-refractivity contribution in [2.75, 3.05) is 19.7 Å². The van der Waals surface area contributed by atoms with E-state index in [0.717, 1.165) is 12.1 Å². The van der Waals surface area contributed by atoms with E-state index in [2.05, 4.69) is 32.9 Å². The topological polar surface area (TPSA) is 63.5 Å². The Bertz CT molecular complexity index is 917. The summed E-state index contributed by atoms with van der Waals surface area (Å²) in [6.07, 6.45) is 3.73. The molecular formula is C22H27FIN5O. The normalized spacial score (nSPS) is 10.9. The van der Waals surface area contributed by atoms with Crippen molar-refractivity contribution < 1.29 is 9.13 Å². The number of aromatic nitrogens is 2. The lowest BCUT2D eigenvalue weighted by molar-refractivity contribution is 0.320. The van der Waals surface area contributed by atoms with E-state index in [1.165, 1.54) is 17.7 Å². The molecule has 0 aliphatic heterocycles. The van der Waals surface area contributed by atoms with Crippen molar-refractivity contribution in [1.82, 2.24) is 20.4 Å². The second-order valence-electron chi connectivity index (χ2n) is 6.40. The first-order valence-corrected chi connectivity index (χ1v) is 9.69. The van der Waals surface area contributed by atoms with Crippen LogP contribution >= 0.6 is 24.0 Å². The van der Waals surface area contributed by atoms with Gasteiger partial charge in [-0.05, 0) is 36.2 Å². The number of nitrogens with one attached hydrogen (secondary N) is 2. The fraction of sp³-hybridized carbons (Fsp3) is 0.273. The van der Waals surface area contributed by atoms with E-state index in [0.29, 0.717) is 38.0 Å². The van der Waals surface area contributed by atoms with Crippen molar-refractivity contribution in [2.45, 2.75) is 20.0 Å². The van der Waals surface area contributed by atoms with Crippen LogP contribution in [-0.4, -0.2) is 35.4 Å². The predicted molar refractivity (Wildman–Crippen MR) is 128 cm³/mol. The van der Waals surface area contributed by atoms with Gasteiger partial charge in [-0.2, -0.15) is 5.10 Å². The molecule has 160 valence electrons. The van der Waals surface area contributed by atoms with Crippen molar-refractivity contribution in [3.05, 3.63) is 83.9 Å². The average Bonchev–Trinajstić information content (AvgIpc) is 3.23. The second-order valence-corrected chi connectivity index (χ2v) is 6.40. The van der Waals surface area contributed by atoms with Crippen molar-refractivity contribution in [3.8, 4) is 5.75 Å². The van der Waals surface area contributed by atoms with Crippen molar-refractivity contribution in [2.24, 2.45) is 4.99 Å². The van der Waals surface area contributed by atoms with Crippen LogP contribution in [0, 0.1) is 5.82 Å². The molecule has 3 aromatic rings. The van der Waals surface area contributed by atoms with Crippen LogP contribution < -0.4 is 15.4 Å². The maximum Gasteiger partial charge on any atom is 0.191 e. The van der Waals surface area contributed by atoms with Gasteiger partial charge in [-0.15, -0.1) is 24.0 Å². The van der Waals surface area contributed by atoms with E-state index in [-0.39, 0.29) is 29.8 Å². The van der Waals surface area contributed by atoms with Gasteiger partial charge >= 0.3 is 0 Å². The Morgan fingerprint density at radius 1 is 1.10 bits per heavy atom. The number of benzene rings is 2. The highest BCUT2D eigenvalue weighted by molar-refractivity contribution is 14.0. The van der Waals surface area contributed by atoms with Crippen molar-refractivity contribution >= 4 is 29.9 Å². The molecule has 0 bridgehead atoms. The monoisotopic (exact) mass is 523 g/mol. The molecule has 6 nitrogen and oxygen atoms in total. The Kier molecular flexibility index (Phi) is 10.1. The maximum absolute atomic E-state index is 13.2. The van der Waals surface area contributed by atoms with Gasteiger partial charge in [-0.1, -0.05) is 30.3 Å². The molecule has 0 unspecified atom stereocenters. The van der Waals surface area contributed by atoms with Gasteiger partial charge < -0.3 is 15.4 Å². The molecule has 0 spiro atoms. The van der Waals surface area contributed by atoms with Crippen molar-refractivity contribution in [1.29, 1.82) is 0 Å². The van der Waals surface area contributed by atoms with E-state index in [4.69, 9.17) is 4.74 Å². The van der Waals surface area contributed by atoms with Crippen LogP contribution in [0.15, 0.2) is 72.0 Å². The molecule has 1 heterocycles. The summed E-state index contributed by atoms with van der Waals surface area (Å²) in [7, 11) is 0. The number of ether oxygens (including phenoxy) is 1. The molecule has 8 heteroatoms. The van der Waals surface area contributed by atoms with Crippen LogP contribution in [0.5, 0.6) is 5.75 Å². The number of hydrogen-bond acceptors (Lipinski definition) is 3. The standard InChI is InChI=1S/C22H26FN5O.HI/c1-2-24-22(25-12-14-29-21-10-5-9-20(23)15-21)26-16-18-7-3-4-8-19(18)17-28-13-6-11-27-28;/h3-11,13,15H,2,12,14,16-17H2,1H3,(H2,24,25,26);1H. The van der Waals surface area contributed by atoms with Gasteiger partial charge in [0.15, 0.2) is 5.96 Å². The zero-order valence-electron chi connectivity index (χ0n) is 16.9. The minimum absolute atomic E-state index is 0. The Balaban J connectivity index is 0.00000320.